The highest BCUT2D eigenvalue weighted by molar-refractivity contribution is 5.92. The van der Waals surface area contributed by atoms with E-state index in [0.29, 0.717) is 24.3 Å². The van der Waals surface area contributed by atoms with Gasteiger partial charge in [-0.2, -0.15) is 0 Å². The molecule has 1 aromatic carbocycles. The van der Waals surface area contributed by atoms with Crippen LogP contribution in [0.5, 0.6) is 11.5 Å². The molecule has 6 nitrogen and oxygen atoms in total. The molecule has 1 N–H and O–H groups in total. The minimum Gasteiger partial charge on any atom is -0.481 e. The topological polar surface area (TPSA) is 79.7 Å². The Labute approximate surface area is 149 Å². The molecule has 1 aliphatic heterocycles. The number of aliphatic carboxylic acids is 1. The lowest BCUT2D eigenvalue weighted by Gasteiger charge is -2.12. The van der Waals surface area contributed by atoms with E-state index in [-0.39, 0.29) is 18.2 Å². The summed E-state index contributed by atoms with van der Waals surface area (Å²) in [4.78, 5) is 28.4. The smallest absolute Gasteiger partial charge is 0.308 e. The molecule has 0 saturated carbocycles. The van der Waals surface area contributed by atoms with Crippen molar-refractivity contribution in [3.05, 3.63) is 60.2 Å². The molecule has 3 rings (SSSR count). The van der Waals surface area contributed by atoms with Gasteiger partial charge in [-0.3, -0.25) is 14.6 Å². The average Bonchev–Trinajstić information content (AvgIpc) is 3.13. The number of carboxylic acid groups (broad SMARTS) is 1. The number of hydrogen-bond acceptors (Lipinski definition) is 4. The number of carbonyl (C=O) groups excluding carboxylic acids is 1. The summed E-state index contributed by atoms with van der Waals surface area (Å²) in [6.07, 6.45) is 6.33. The van der Waals surface area contributed by atoms with Crippen molar-refractivity contribution in [3.8, 4) is 11.5 Å². The first-order chi connectivity index (χ1) is 12.5. The third-order valence-electron chi connectivity index (χ3n) is 4.09. The summed E-state index contributed by atoms with van der Waals surface area (Å²) < 4.78 is 19.6. The number of pyridine rings is 1. The van der Waals surface area contributed by atoms with Crippen molar-refractivity contribution in [1.29, 1.82) is 0 Å². The number of benzene rings is 1. The van der Waals surface area contributed by atoms with E-state index < -0.39 is 17.7 Å². The second-order valence-electron chi connectivity index (χ2n) is 5.92. The molecule has 0 bridgehead atoms. The summed E-state index contributed by atoms with van der Waals surface area (Å²) in [6, 6.07) is 7.72. The second kappa shape index (κ2) is 7.77. The van der Waals surface area contributed by atoms with E-state index in [1.165, 1.54) is 35.4 Å². The van der Waals surface area contributed by atoms with Gasteiger partial charge in [0.25, 0.3) is 0 Å². The van der Waals surface area contributed by atoms with Crippen LogP contribution in [0.2, 0.25) is 0 Å². The average molecular weight is 356 g/mol. The zero-order valence-corrected chi connectivity index (χ0v) is 13.8. The quantitative estimate of drug-likeness (QED) is 0.833. The van der Waals surface area contributed by atoms with Gasteiger partial charge in [0, 0.05) is 25.4 Å². The standard InChI is InChI=1S/C19H17FN2O4/c20-16-10-13(3-5-17(16)26-15-2-1-8-21-11-15)4-6-18(23)22-9-7-14(12-22)19(24)25/h1-6,8,10-11,14H,7,9,12H2,(H,24,25)/b6-4+. The van der Waals surface area contributed by atoms with Gasteiger partial charge >= 0.3 is 5.97 Å². The zero-order chi connectivity index (χ0) is 18.5. The first-order valence-electron chi connectivity index (χ1n) is 8.10. The molecule has 1 unspecified atom stereocenters. The number of carboxylic acids is 1. The van der Waals surface area contributed by atoms with Gasteiger partial charge in [0.1, 0.15) is 5.75 Å². The monoisotopic (exact) mass is 356 g/mol. The van der Waals surface area contributed by atoms with E-state index >= 15 is 0 Å². The fourth-order valence-electron chi connectivity index (χ4n) is 2.67. The van der Waals surface area contributed by atoms with Gasteiger partial charge < -0.3 is 14.7 Å². The van der Waals surface area contributed by atoms with Gasteiger partial charge in [-0.15, -0.1) is 0 Å². The Balaban J connectivity index is 1.63. The van der Waals surface area contributed by atoms with Gasteiger partial charge in [-0.05, 0) is 42.3 Å². The zero-order valence-electron chi connectivity index (χ0n) is 13.8. The van der Waals surface area contributed by atoms with E-state index in [0.717, 1.165) is 0 Å². The fraction of sp³-hybridized carbons (Fsp3) is 0.211. The maximum atomic E-state index is 14.2. The van der Waals surface area contributed by atoms with Crippen molar-refractivity contribution < 1.29 is 23.8 Å². The van der Waals surface area contributed by atoms with E-state index in [9.17, 15) is 14.0 Å². The molecule has 26 heavy (non-hydrogen) atoms. The van der Waals surface area contributed by atoms with Crippen molar-refractivity contribution in [3.63, 3.8) is 0 Å². The van der Waals surface area contributed by atoms with E-state index in [2.05, 4.69) is 4.98 Å². The van der Waals surface area contributed by atoms with Crippen molar-refractivity contribution in [1.82, 2.24) is 9.88 Å². The van der Waals surface area contributed by atoms with Crippen LogP contribution in [0.25, 0.3) is 6.08 Å². The first-order valence-corrected chi connectivity index (χ1v) is 8.10. The molecule has 7 heteroatoms. The molecule has 1 saturated heterocycles. The Hall–Kier alpha value is -3.22. The molecular weight excluding hydrogens is 339 g/mol. The van der Waals surface area contributed by atoms with Crippen LogP contribution in [-0.4, -0.2) is 40.0 Å². The third kappa shape index (κ3) is 4.24. The van der Waals surface area contributed by atoms with Gasteiger partial charge in [0.05, 0.1) is 12.1 Å². The molecule has 0 aliphatic carbocycles. The maximum absolute atomic E-state index is 14.2. The molecule has 1 aromatic heterocycles. The number of carbonyl (C=O) groups is 2. The van der Waals surface area contributed by atoms with Crippen LogP contribution < -0.4 is 4.74 Å². The molecule has 0 radical (unpaired) electrons. The number of rotatable bonds is 5. The number of nitrogens with zero attached hydrogens (tertiary/aromatic N) is 2. The van der Waals surface area contributed by atoms with Crippen molar-refractivity contribution in [2.45, 2.75) is 6.42 Å². The van der Waals surface area contributed by atoms with Gasteiger partial charge in [-0.25, -0.2) is 4.39 Å². The SMILES string of the molecule is O=C(O)C1CCN(C(=O)/C=C/c2ccc(Oc3cccnc3)c(F)c2)C1. The lowest BCUT2D eigenvalue weighted by atomic mass is 10.1. The lowest BCUT2D eigenvalue weighted by molar-refractivity contribution is -0.141. The van der Waals surface area contributed by atoms with Gasteiger partial charge in [0.15, 0.2) is 11.6 Å². The van der Waals surface area contributed by atoms with E-state index in [4.69, 9.17) is 9.84 Å². The van der Waals surface area contributed by atoms with Crippen molar-refractivity contribution >= 4 is 18.0 Å². The molecule has 134 valence electrons. The molecule has 2 aromatic rings. The second-order valence-corrected chi connectivity index (χ2v) is 5.92. The number of likely N-dealkylation sites (tertiary alicyclic amines) is 1. The highest BCUT2D eigenvalue weighted by Gasteiger charge is 2.29. The first kappa shape index (κ1) is 17.6. The Kier molecular flexibility index (Phi) is 5.26. The summed E-state index contributed by atoms with van der Waals surface area (Å²) in [6.45, 7) is 0.608. The fourth-order valence-corrected chi connectivity index (χ4v) is 2.67. The summed E-state index contributed by atoms with van der Waals surface area (Å²) in [5.74, 6) is -1.78. The molecule has 1 amide bonds. The van der Waals surface area contributed by atoms with Crippen LogP contribution in [0.3, 0.4) is 0 Å². The lowest BCUT2D eigenvalue weighted by Crippen LogP contribution is -2.28. The Morgan fingerprint density at radius 3 is 2.85 bits per heavy atom. The Morgan fingerprint density at radius 2 is 2.19 bits per heavy atom. The van der Waals surface area contributed by atoms with Crippen LogP contribution in [0.1, 0.15) is 12.0 Å². The summed E-state index contributed by atoms with van der Waals surface area (Å²) in [7, 11) is 0. The minimum absolute atomic E-state index is 0.0605. The van der Waals surface area contributed by atoms with Crippen LogP contribution in [0.4, 0.5) is 4.39 Å². The van der Waals surface area contributed by atoms with Crippen molar-refractivity contribution in [2.75, 3.05) is 13.1 Å². The number of amides is 1. The Bertz CT molecular complexity index is 839. The summed E-state index contributed by atoms with van der Waals surface area (Å²) in [5.41, 5.74) is 0.503. The predicted octanol–water partition coefficient (Wildman–Crippen LogP) is 2.96. The van der Waals surface area contributed by atoms with E-state index in [1.807, 2.05) is 0 Å². The van der Waals surface area contributed by atoms with Crippen molar-refractivity contribution in [2.24, 2.45) is 5.92 Å². The van der Waals surface area contributed by atoms with Crippen LogP contribution in [0.15, 0.2) is 48.8 Å². The molecule has 2 heterocycles. The van der Waals surface area contributed by atoms with Crippen LogP contribution >= 0.6 is 0 Å². The van der Waals surface area contributed by atoms with Crippen LogP contribution in [-0.2, 0) is 9.59 Å². The largest absolute Gasteiger partial charge is 0.481 e. The third-order valence-corrected chi connectivity index (χ3v) is 4.09. The number of ether oxygens (including phenoxy) is 1. The van der Waals surface area contributed by atoms with Gasteiger partial charge in [-0.1, -0.05) is 6.07 Å². The highest BCUT2D eigenvalue weighted by Crippen LogP contribution is 2.25. The maximum Gasteiger partial charge on any atom is 0.308 e. The van der Waals surface area contributed by atoms with E-state index in [1.54, 1.807) is 24.4 Å². The molecule has 1 atom stereocenters. The number of hydrogen-bond donors (Lipinski definition) is 1. The molecular formula is C19H17FN2O4. The Morgan fingerprint density at radius 1 is 1.35 bits per heavy atom. The van der Waals surface area contributed by atoms with Crippen LogP contribution in [0, 0.1) is 11.7 Å². The summed E-state index contributed by atoms with van der Waals surface area (Å²) >= 11 is 0. The normalized spacial score (nSPS) is 16.8. The highest BCUT2D eigenvalue weighted by atomic mass is 19.1. The minimum atomic E-state index is -0.893. The molecule has 1 aliphatic rings. The number of halogens is 1. The molecule has 0 spiro atoms. The molecule has 1 fully saturated rings. The predicted molar refractivity (Wildman–Crippen MR) is 92.1 cm³/mol. The van der Waals surface area contributed by atoms with Gasteiger partial charge in [0.2, 0.25) is 5.91 Å². The summed E-state index contributed by atoms with van der Waals surface area (Å²) in [5, 5.41) is 8.97. The number of aromatic nitrogens is 1.